The first kappa shape index (κ1) is 13.6. The zero-order valence-corrected chi connectivity index (χ0v) is 11.0. The summed E-state index contributed by atoms with van der Waals surface area (Å²) in [4.78, 5) is 23.2. The lowest BCUT2D eigenvalue weighted by Gasteiger charge is -2.14. The second-order valence-corrected chi connectivity index (χ2v) is 4.99. The van der Waals surface area contributed by atoms with Crippen molar-refractivity contribution in [1.82, 2.24) is 0 Å². The fourth-order valence-corrected chi connectivity index (χ4v) is 2.74. The van der Waals surface area contributed by atoms with Crippen LogP contribution in [0.5, 0.6) is 5.75 Å². The molecule has 1 aromatic rings. The molecule has 0 saturated heterocycles. The molecule has 1 fully saturated rings. The van der Waals surface area contributed by atoms with Crippen LogP contribution >= 0.6 is 0 Å². The number of carbonyl (C=O) groups is 2. The molecule has 2 rings (SSSR count). The van der Waals surface area contributed by atoms with Crippen molar-refractivity contribution in [2.24, 2.45) is 11.8 Å². The minimum Gasteiger partial charge on any atom is -0.497 e. The molecule has 0 amide bonds. The third kappa shape index (κ3) is 3.13. The maximum atomic E-state index is 12.1. The normalized spacial score (nSPS) is 22.2. The van der Waals surface area contributed by atoms with Crippen molar-refractivity contribution in [2.45, 2.75) is 25.7 Å². The molecule has 4 heteroatoms. The van der Waals surface area contributed by atoms with Crippen LogP contribution < -0.4 is 4.74 Å². The van der Waals surface area contributed by atoms with Gasteiger partial charge in [-0.15, -0.1) is 0 Å². The van der Waals surface area contributed by atoms with Gasteiger partial charge in [0.15, 0.2) is 5.78 Å². The number of Topliss-reactive ketones (excluding diaryl/α,β-unsaturated/α-hetero) is 1. The van der Waals surface area contributed by atoms with Gasteiger partial charge in [-0.25, -0.2) is 0 Å². The number of aliphatic carboxylic acids is 1. The Balaban J connectivity index is 2.01. The van der Waals surface area contributed by atoms with Gasteiger partial charge in [-0.3, -0.25) is 9.59 Å². The Labute approximate surface area is 112 Å². The number of methoxy groups -OCH3 is 1. The largest absolute Gasteiger partial charge is 0.497 e. The van der Waals surface area contributed by atoms with E-state index in [-0.39, 0.29) is 17.6 Å². The standard InChI is InChI=1S/C15H18O4/c1-19-12-7-5-10(6-8-12)14(16)9-11-3-2-4-13(11)15(17)18/h5-8,11,13H,2-4,9H2,1H3,(H,17,18). The molecular weight excluding hydrogens is 244 g/mol. The number of ether oxygens (including phenoxy) is 1. The maximum absolute atomic E-state index is 12.1. The van der Waals surface area contributed by atoms with Crippen molar-refractivity contribution in [2.75, 3.05) is 7.11 Å². The molecule has 0 aliphatic heterocycles. The van der Waals surface area contributed by atoms with Gasteiger partial charge in [0.2, 0.25) is 0 Å². The van der Waals surface area contributed by atoms with Crippen LogP contribution in [0.3, 0.4) is 0 Å². The highest BCUT2D eigenvalue weighted by Gasteiger charge is 2.34. The molecule has 2 atom stereocenters. The van der Waals surface area contributed by atoms with Crippen LogP contribution in [0.2, 0.25) is 0 Å². The number of ketones is 1. The summed E-state index contributed by atoms with van der Waals surface area (Å²) < 4.78 is 5.04. The van der Waals surface area contributed by atoms with Gasteiger partial charge in [0.1, 0.15) is 5.75 Å². The zero-order chi connectivity index (χ0) is 13.8. The molecule has 4 nitrogen and oxygen atoms in total. The zero-order valence-electron chi connectivity index (χ0n) is 11.0. The van der Waals surface area contributed by atoms with Crippen LogP contribution in [0, 0.1) is 11.8 Å². The van der Waals surface area contributed by atoms with Crippen LogP contribution in [0.1, 0.15) is 36.0 Å². The highest BCUT2D eigenvalue weighted by atomic mass is 16.5. The number of hydrogen-bond donors (Lipinski definition) is 1. The van der Waals surface area contributed by atoms with Crippen LogP contribution in [0.4, 0.5) is 0 Å². The molecule has 2 unspecified atom stereocenters. The van der Waals surface area contributed by atoms with Gasteiger partial charge in [0.25, 0.3) is 0 Å². The van der Waals surface area contributed by atoms with Gasteiger partial charge in [-0.05, 0) is 43.0 Å². The Morgan fingerprint density at radius 2 is 1.95 bits per heavy atom. The first-order valence-corrected chi connectivity index (χ1v) is 6.52. The van der Waals surface area contributed by atoms with E-state index >= 15 is 0 Å². The van der Waals surface area contributed by atoms with Gasteiger partial charge in [0.05, 0.1) is 13.0 Å². The molecule has 102 valence electrons. The van der Waals surface area contributed by atoms with E-state index in [4.69, 9.17) is 9.84 Å². The quantitative estimate of drug-likeness (QED) is 0.829. The van der Waals surface area contributed by atoms with E-state index in [1.807, 2.05) is 0 Å². The summed E-state index contributed by atoms with van der Waals surface area (Å²) >= 11 is 0. The summed E-state index contributed by atoms with van der Waals surface area (Å²) in [7, 11) is 1.58. The predicted molar refractivity (Wildman–Crippen MR) is 70.4 cm³/mol. The monoisotopic (exact) mass is 262 g/mol. The molecular formula is C15H18O4. The topological polar surface area (TPSA) is 63.6 Å². The summed E-state index contributed by atoms with van der Waals surface area (Å²) in [5, 5.41) is 9.11. The molecule has 1 aromatic carbocycles. The molecule has 0 radical (unpaired) electrons. The summed E-state index contributed by atoms with van der Waals surface area (Å²) in [6, 6.07) is 6.95. The second kappa shape index (κ2) is 5.87. The third-order valence-electron chi connectivity index (χ3n) is 3.84. The van der Waals surface area contributed by atoms with Crippen molar-refractivity contribution in [3.8, 4) is 5.75 Å². The Morgan fingerprint density at radius 3 is 2.53 bits per heavy atom. The van der Waals surface area contributed by atoms with Gasteiger partial charge in [-0.1, -0.05) is 6.42 Å². The van der Waals surface area contributed by atoms with E-state index in [1.54, 1.807) is 31.4 Å². The number of hydrogen-bond acceptors (Lipinski definition) is 3. The SMILES string of the molecule is COc1ccc(C(=O)CC2CCCC2C(=O)O)cc1. The fourth-order valence-electron chi connectivity index (χ4n) is 2.74. The van der Waals surface area contributed by atoms with Crippen LogP contribution in [0.15, 0.2) is 24.3 Å². The summed E-state index contributed by atoms with van der Waals surface area (Å²) in [6.07, 6.45) is 2.75. The minimum atomic E-state index is -0.773. The lowest BCUT2D eigenvalue weighted by Crippen LogP contribution is -2.20. The van der Waals surface area contributed by atoms with Crippen molar-refractivity contribution in [3.05, 3.63) is 29.8 Å². The number of rotatable bonds is 5. The molecule has 0 heterocycles. The molecule has 1 saturated carbocycles. The molecule has 0 bridgehead atoms. The average Bonchev–Trinajstić information content (AvgIpc) is 2.87. The minimum absolute atomic E-state index is 0.0146. The number of carbonyl (C=O) groups excluding carboxylic acids is 1. The van der Waals surface area contributed by atoms with Gasteiger partial charge in [-0.2, -0.15) is 0 Å². The van der Waals surface area contributed by atoms with Crippen molar-refractivity contribution >= 4 is 11.8 Å². The molecule has 0 aromatic heterocycles. The Bertz CT molecular complexity index is 464. The van der Waals surface area contributed by atoms with Gasteiger partial charge >= 0.3 is 5.97 Å². The van der Waals surface area contributed by atoms with Crippen molar-refractivity contribution in [1.29, 1.82) is 0 Å². The van der Waals surface area contributed by atoms with E-state index in [0.29, 0.717) is 24.2 Å². The third-order valence-corrected chi connectivity index (χ3v) is 3.84. The van der Waals surface area contributed by atoms with E-state index < -0.39 is 5.97 Å². The van der Waals surface area contributed by atoms with Crippen LogP contribution in [0.25, 0.3) is 0 Å². The van der Waals surface area contributed by atoms with Gasteiger partial charge < -0.3 is 9.84 Å². The summed E-state index contributed by atoms with van der Waals surface area (Å²) in [6.45, 7) is 0. The Kier molecular flexibility index (Phi) is 4.20. The van der Waals surface area contributed by atoms with Crippen LogP contribution in [-0.2, 0) is 4.79 Å². The number of benzene rings is 1. The number of carboxylic acids is 1. The van der Waals surface area contributed by atoms with E-state index in [2.05, 4.69) is 0 Å². The van der Waals surface area contributed by atoms with Gasteiger partial charge in [0, 0.05) is 12.0 Å². The number of carboxylic acid groups (broad SMARTS) is 1. The maximum Gasteiger partial charge on any atom is 0.306 e. The Morgan fingerprint density at radius 1 is 1.26 bits per heavy atom. The molecule has 1 aliphatic carbocycles. The lowest BCUT2D eigenvalue weighted by molar-refractivity contribution is -0.142. The summed E-state index contributed by atoms with van der Waals surface area (Å²) in [5.74, 6) is -0.430. The summed E-state index contributed by atoms with van der Waals surface area (Å²) in [5.41, 5.74) is 0.622. The predicted octanol–water partition coefficient (Wildman–Crippen LogP) is 2.77. The molecule has 0 spiro atoms. The first-order chi connectivity index (χ1) is 9.11. The van der Waals surface area contributed by atoms with E-state index in [1.165, 1.54) is 0 Å². The molecule has 1 aliphatic rings. The Hall–Kier alpha value is -1.84. The highest BCUT2D eigenvalue weighted by molar-refractivity contribution is 5.96. The van der Waals surface area contributed by atoms with Crippen molar-refractivity contribution < 1.29 is 19.4 Å². The van der Waals surface area contributed by atoms with E-state index in [9.17, 15) is 9.59 Å². The average molecular weight is 262 g/mol. The smallest absolute Gasteiger partial charge is 0.306 e. The lowest BCUT2D eigenvalue weighted by atomic mass is 9.89. The fraction of sp³-hybridized carbons (Fsp3) is 0.467. The van der Waals surface area contributed by atoms with Crippen molar-refractivity contribution in [3.63, 3.8) is 0 Å². The van der Waals surface area contributed by atoms with Crippen LogP contribution in [-0.4, -0.2) is 24.0 Å². The first-order valence-electron chi connectivity index (χ1n) is 6.52. The second-order valence-electron chi connectivity index (χ2n) is 4.99. The highest BCUT2D eigenvalue weighted by Crippen LogP contribution is 2.35. The van der Waals surface area contributed by atoms with E-state index in [0.717, 1.165) is 12.8 Å². The molecule has 19 heavy (non-hydrogen) atoms. The molecule has 1 N–H and O–H groups in total.